The first-order chi connectivity index (χ1) is 32.2. The molecule has 0 aromatic rings. The van der Waals surface area contributed by atoms with E-state index in [2.05, 4.69) is 34.6 Å². The van der Waals surface area contributed by atoms with Crippen molar-refractivity contribution < 1.29 is 28.6 Å². The molecule has 0 aromatic carbocycles. The van der Waals surface area contributed by atoms with Crippen molar-refractivity contribution in [2.45, 2.75) is 343 Å². The van der Waals surface area contributed by atoms with E-state index < -0.39 is 6.10 Å². The first kappa shape index (κ1) is 64.4. The molecule has 0 saturated carbocycles. The smallest absolute Gasteiger partial charge is 0.306 e. The first-order valence-corrected chi connectivity index (χ1v) is 29.7. The van der Waals surface area contributed by atoms with E-state index in [0.717, 1.165) is 69.6 Å². The van der Waals surface area contributed by atoms with Crippen LogP contribution >= 0.6 is 0 Å². The Morgan fingerprint density at radius 1 is 0.288 bits per heavy atom. The summed E-state index contributed by atoms with van der Waals surface area (Å²) in [6, 6.07) is 0. The molecule has 0 unspecified atom stereocenters. The van der Waals surface area contributed by atoms with Crippen LogP contribution < -0.4 is 0 Å². The van der Waals surface area contributed by atoms with Gasteiger partial charge in [-0.15, -0.1) is 0 Å². The third kappa shape index (κ3) is 53.4. The molecule has 0 radical (unpaired) electrons. The number of hydrogen-bond donors (Lipinski definition) is 0. The average molecular weight is 934 g/mol. The van der Waals surface area contributed by atoms with E-state index in [4.69, 9.17) is 14.2 Å². The number of carbonyl (C=O) groups excluding carboxylic acids is 3. The van der Waals surface area contributed by atoms with Crippen LogP contribution in [0.25, 0.3) is 0 Å². The molecule has 0 saturated heterocycles. The van der Waals surface area contributed by atoms with Crippen LogP contribution in [0.2, 0.25) is 0 Å². The van der Waals surface area contributed by atoms with Gasteiger partial charge in [0.25, 0.3) is 0 Å². The Bertz CT molecular complexity index is 1010. The van der Waals surface area contributed by atoms with Crippen LogP contribution in [-0.2, 0) is 28.6 Å². The lowest BCUT2D eigenvalue weighted by Gasteiger charge is -2.18. The zero-order chi connectivity index (χ0) is 48.2. The summed E-state index contributed by atoms with van der Waals surface area (Å²) in [6.07, 6.45) is 56.6. The van der Waals surface area contributed by atoms with E-state index in [9.17, 15) is 14.4 Å². The Hall–Kier alpha value is -1.59. The summed E-state index contributed by atoms with van der Waals surface area (Å²) in [6.45, 7) is 11.4. The monoisotopic (exact) mass is 933 g/mol. The Morgan fingerprint density at radius 2 is 0.500 bits per heavy atom. The van der Waals surface area contributed by atoms with Gasteiger partial charge in [0.2, 0.25) is 0 Å². The lowest BCUT2D eigenvalue weighted by molar-refractivity contribution is -0.167. The largest absolute Gasteiger partial charge is 0.462 e. The van der Waals surface area contributed by atoms with Gasteiger partial charge in [-0.05, 0) is 31.1 Å². The van der Waals surface area contributed by atoms with Gasteiger partial charge in [0.1, 0.15) is 13.2 Å². The predicted octanol–water partition coefficient (Wildman–Crippen LogP) is 19.7. The minimum atomic E-state index is -0.763. The fraction of sp³-hybridized carbons (Fsp3) is 0.950. The van der Waals surface area contributed by atoms with Gasteiger partial charge < -0.3 is 14.2 Å². The van der Waals surface area contributed by atoms with Gasteiger partial charge in [-0.3, -0.25) is 14.4 Å². The van der Waals surface area contributed by atoms with E-state index in [-0.39, 0.29) is 31.1 Å². The van der Waals surface area contributed by atoms with Gasteiger partial charge in [0.15, 0.2) is 6.10 Å². The maximum Gasteiger partial charge on any atom is 0.306 e. The molecule has 1 atom stereocenters. The van der Waals surface area contributed by atoms with Crippen molar-refractivity contribution in [3.05, 3.63) is 0 Å². The third-order valence-corrected chi connectivity index (χ3v) is 13.7. The fourth-order valence-electron chi connectivity index (χ4n) is 9.23. The molecule has 0 spiro atoms. The van der Waals surface area contributed by atoms with Crippen molar-refractivity contribution in [2.24, 2.45) is 11.8 Å². The number of carbonyl (C=O) groups is 3. The Balaban J connectivity index is 4.30. The number of unbranched alkanes of at least 4 members (excludes halogenated alkanes) is 39. The topological polar surface area (TPSA) is 78.9 Å². The van der Waals surface area contributed by atoms with Crippen molar-refractivity contribution in [2.75, 3.05) is 13.2 Å². The van der Waals surface area contributed by atoms with E-state index in [1.165, 1.54) is 225 Å². The molecule has 0 heterocycles. The first-order valence-electron chi connectivity index (χ1n) is 29.7. The van der Waals surface area contributed by atoms with Gasteiger partial charge >= 0.3 is 17.9 Å². The minimum absolute atomic E-state index is 0.0624. The zero-order valence-electron chi connectivity index (χ0n) is 45.3. The summed E-state index contributed by atoms with van der Waals surface area (Å²) in [5.74, 6) is 0.840. The van der Waals surface area contributed by atoms with E-state index in [0.29, 0.717) is 19.3 Å². The fourth-order valence-corrected chi connectivity index (χ4v) is 9.23. The summed E-state index contributed by atoms with van der Waals surface area (Å²) in [5.41, 5.74) is 0. The van der Waals surface area contributed by atoms with E-state index >= 15 is 0 Å². The maximum atomic E-state index is 12.9. The maximum absolute atomic E-state index is 12.9. The SMILES string of the molecule is CCCCCCCCCCCCCCCCCCC(=O)OC[C@H](COC(=O)CCCCCCCCCCCCCCCCC(C)C)OC(=O)CCCCCCCCCCCCCCC(C)C. The molecule has 392 valence electrons. The molecule has 0 aliphatic heterocycles. The van der Waals surface area contributed by atoms with Gasteiger partial charge in [-0.1, -0.05) is 298 Å². The molecule has 0 aromatic heterocycles. The lowest BCUT2D eigenvalue weighted by atomic mass is 10.0. The average Bonchev–Trinajstić information content (AvgIpc) is 3.29. The predicted molar refractivity (Wildman–Crippen MR) is 284 cm³/mol. The molecular formula is C60H116O6. The number of rotatable bonds is 54. The summed E-state index contributed by atoms with van der Waals surface area (Å²) < 4.78 is 16.9. The lowest BCUT2D eigenvalue weighted by Crippen LogP contribution is -2.30. The highest BCUT2D eigenvalue weighted by Crippen LogP contribution is 2.18. The molecule has 66 heavy (non-hydrogen) atoms. The Labute approximate surface area is 412 Å². The molecule has 0 N–H and O–H groups in total. The van der Waals surface area contributed by atoms with Crippen molar-refractivity contribution in [3.8, 4) is 0 Å². The van der Waals surface area contributed by atoms with Gasteiger partial charge in [0, 0.05) is 19.3 Å². The third-order valence-electron chi connectivity index (χ3n) is 13.7. The highest BCUT2D eigenvalue weighted by atomic mass is 16.6. The molecule has 0 bridgehead atoms. The Kier molecular flexibility index (Phi) is 51.5. The second-order valence-corrected chi connectivity index (χ2v) is 21.6. The normalized spacial score (nSPS) is 12.0. The van der Waals surface area contributed by atoms with E-state index in [1.807, 2.05) is 0 Å². The van der Waals surface area contributed by atoms with Gasteiger partial charge in [-0.2, -0.15) is 0 Å². The molecular weight excluding hydrogens is 817 g/mol. The van der Waals surface area contributed by atoms with Gasteiger partial charge in [0.05, 0.1) is 0 Å². The second-order valence-electron chi connectivity index (χ2n) is 21.6. The molecule has 0 fully saturated rings. The molecule has 0 rings (SSSR count). The van der Waals surface area contributed by atoms with Crippen molar-refractivity contribution in [3.63, 3.8) is 0 Å². The molecule has 6 heteroatoms. The molecule has 6 nitrogen and oxygen atoms in total. The van der Waals surface area contributed by atoms with Crippen LogP contribution in [-0.4, -0.2) is 37.2 Å². The van der Waals surface area contributed by atoms with Crippen LogP contribution in [0.5, 0.6) is 0 Å². The Morgan fingerprint density at radius 3 is 0.742 bits per heavy atom. The summed E-state index contributed by atoms with van der Waals surface area (Å²) >= 11 is 0. The van der Waals surface area contributed by atoms with Crippen molar-refractivity contribution in [1.29, 1.82) is 0 Å². The highest BCUT2D eigenvalue weighted by Gasteiger charge is 2.19. The van der Waals surface area contributed by atoms with Gasteiger partial charge in [-0.25, -0.2) is 0 Å². The van der Waals surface area contributed by atoms with Crippen molar-refractivity contribution in [1.82, 2.24) is 0 Å². The van der Waals surface area contributed by atoms with Crippen LogP contribution in [0, 0.1) is 11.8 Å². The summed E-state index contributed by atoms with van der Waals surface area (Å²) in [7, 11) is 0. The number of hydrogen-bond acceptors (Lipinski definition) is 6. The standard InChI is InChI=1S/C60H116O6/c1-6-7-8-9-10-11-12-13-14-15-19-25-30-35-40-45-50-58(61)64-53-57(66-60(63)52-47-42-37-32-27-22-21-24-29-34-39-44-49-56(4)5)54-65-59(62)51-46-41-36-31-26-20-17-16-18-23-28-33-38-43-48-55(2)3/h55-57H,6-54H2,1-5H3/t57-/m1/s1. The number of ether oxygens (including phenoxy) is 3. The molecule has 0 aliphatic rings. The van der Waals surface area contributed by atoms with Crippen LogP contribution in [0.4, 0.5) is 0 Å². The summed E-state index contributed by atoms with van der Waals surface area (Å²) in [4.78, 5) is 38.2. The second kappa shape index (κ2) is 52.8. The highest BCUT2D eigenvalue weighted by molar-refractivity contribution is 5.71. The molecule has 0 aliphatic carbocycles. The van der Waals surface area contributed by atoms with Crippen LogP contribution in [0.3, 0.4) is 0 Å². The van der Waals surface area contributed by atoms with Crippen LogP contribution in [0.15, 0.2) is 0 Å². The summed E-state index contributed by atoms with van der Waals surface area (Å²) in [5, 5.41) is 0. The van der Waals surface area contributed by atoms with Crippen LogP contribution in [0.1, 0.15) is 336 Å². The minimum Gasteiger partial charge on any atom is -0.462 e. The number of esters is 3. The quantitative estimate of drug-likeness (QED) is 0.0343. The molecule has 0 amide bonds. The zero-order valence-corrected chi connectivity index (χ0v) is 45.3. The van der Waals surface area contributed by atoms with E-state index in [1.54, 1.807) is 0 Å². The van der Waals surface area contributed by atoms with Crippen molar-refractivity contribution >= 4 is 17.9 Å².